The summed E-state index contributed by atoms with van der Waals surface area (Å²) in [5.74, 6) is -0.945. The number of ether oxygens (including phenoxy) is 1. The van der Waals surface area contributed by atoms with E-state index < -0.39 is 0 Å². The van der Waals surface area contributed by atoms with E-state index in [1.807, 2.05) is 0 Å². The van der Waals surface area contributed by atoms with Gasteiger partial charge in [0.1, 0.15) is 5.92 Å². The Kier molecular flexibility index (Phi) is 3.88. The van der Waals surface area contributed by atoms with Crippen LogP contribution in [0.3, 0.4) is 0 Å². The summed E-state index contributed by atoms with van der Waals surface area (Å²) in [5, 5.41) is 10.6. The molecular weight excluding hydrogens is 306 g/mol. The van der Waals surface area contributed by atoms with Crippen LogP contribution in [0.4, 0.5) is 5.13 Å². The van der Waals surface area contributed by atoms with Crippen molar-refractivity contribution in [3.05, 3.63) is 22.5 Å². The summed E-state index contributed by atoms with van der Waals surface area (Å²) in [6.45, 7) is 2.13. The molecule has 22 heavy (non-hydrogen) atoms. The summed E-state index contributed by atoms with van der Waals surface area (Å²) in [6.07, 6.45) is 3.01. The minimum absolute atomic E-state index is 0.222. The first-order chi connectivity index (χ1) is 10.6. The Morgan fingerprint density at radius 3 is 3.05 bits per heavy atom. The van der Waals surface area contributed by atoms with Gasteiger partial charge < -0.3 is 4.74 Å². The lowest BCUT2D eigenvalue weighted by atomic mass is 10.1. The molecule has 1 atom stereocenters. The largest absolute Gasteiger partial charge is 0.465 e. The molecular formula is C13H15N5O3S. The van der Waals surface area contributed by atoms with Gasteiger partial charge in [-0.1, -0.05) is 5.21 Å². The number of hydrogen-bond acceptors (Lipinski definition) is 7. The highest BCUT2D eigenvalue weighted by atomic mass is 32.1. The van der Waals surface area contributed by atoms with E-state index in [0.29, 0.717) is 18.2 Å². The molecule has 3 rings (SSSR count). The fourth-order valence-electron chi connectivity index (χ4n) is 2.37. The maximum absolute atomic E-state index is 12.0. The van der Waals surface area contributed by atoms with Crippen LogP contribution >= 0.6 is 11.3 Å². The molecule has 1 aliphatic carbocycles. The van der Waals surface area contributed by atoms with Crippen molar-refractivity contribution in [2.75, 3.05) is 11.9 Å². The molecule has 0 fully saturated rings. The fraction of sp³-hybridized carbons (Fsp3) is 0.462. The predicted octanol–water partition coefficient (Wildman–Crippen LogP) is 1.12. The smallest absolute Gasteiger partial charge is 0.315 e. The molecule has 0 saturated carbocycles. The van der Waals surface area contributed by atoms with Gasteiger partial charge >= 0.3 is 5.97 Å². The van der Waals surface area contributed by atoms with Gasteiger partial charge in [0.05, 0.1) is 18.5 Å². The zero-order valence-electron chi connectivity index (χ0n) is 12.2. The number of aromatic nitrogens is 4. The van der Waals surface area contributed by atoms with Gasteiger partial charge in [0.2, 0.25) is 0 Å². The monoisotopic (exact) mass is 321 g/mol. The molecule has 116 valence electrons. The molecule has 0 bridgehead atoms. The van der Waals surface area contributed by atoms with Crippen LogP contribution in [0.2, 0.25) is 0 Å². The second-order valence-electron chi connectivity index (χ2n) is 4.90. The Labute approximate surface area is 130 Å². The van der Waals surface area contributed by atoms with Crippen LogP contribution in [0, 0.1) is 0 Å². The number of nitrogens with one attached hydrogen (secondary N) is 1. The van der Waals surface area contributed by atoms with E-state index in [4.69, 9.17) is 4.74 Å². The van der Waals surface area contributed by atoms with Gasteiger partial charge in [0.25, 0.3) is 5.91 Å². The highest BCUT2D eigenvalue weighted by Crippen LogP contribution is 2.38. The van der Waals surface area contributed by atoms with Crippen molar-refractivity contribution in [3.63, 3.8) is 0 Å². The van der Waals surface area contributed by atoms with Crippen LogP contribution in [-0.4, -0.2) is 38.5 Å². The minimum atomic E-state index is -0.367. The first-order valence-electron chi connectivity index (χ1n) is 6.92. The van der Waals surface area contributed by atoms with Crippen LogP contribution in [0.15, 0.2) is 6.20 Å². The van der Waals surface area contributed by atoms with Crippen molar-refractivity contribution in [2.45, 2.75) is 25.7 Å². The first kappa shape index (κ1) is 14.6. The Balaban J connectivity index is 1.74. The van der Waals surface area contributed by atoms with Crippen LogP contribution in [-0.2, 0) is 23.0 Å². The lowest BCUT2D eigenvalue weighted by molar-refractivity contribution is -0.145. The minimum Gasteiger partial charge on any atom is -0.465 e. The van der Waals surface area contributed by atoms with Gasteiger partial charge in [0, 0.05) is 11.9 Å². The third-order valence-electron chi connectivity index (χ3n) is 3.34. The number of anilines is 1. The molecule has 1 aliphatic rings. The summed E-state index contributed by atoms with van der Waals surface area (Å²) in [6, 6.07) is 0. The van der Waals surface area contributed by atoms with Crippen molar-refractivity contribution in [1.82, 2.24) is 20.0 Å². The van der Waals surface area contributed by atoms with Crippen molar-refractivity contribution in [1.29, 1.82) is 0 Å². The predicted molar refractivity (Wildman–Crippen MR) is 78.8 cm³/mol. The molecule has 1 amide bonds. The molecule has 0 aliphatic heterocycles. The Hall–Kier alpha value is -2.29. The number of thiazole rings is 1. The summed E-state index contributed by atoms with van der Waals surface area (Å²) < 4.78 is 6.51. The zero-order valence-corrected chi connectivity index (χ0v) is 13.0. The molecule has 2 aromatic rings. The summed E-state index contributed by atoms with van der Waals surface area (Å²) >= 11 is 1.39. The normalized spacial score (nSPS) is 16.4. The van der Waals surface area contributed by atoms with Crippen LogP contribution < -0.4 is 5.32 Å². The third kappa shape index (κ3) is 2.71. The first-order valence-corrected chi connectivity index (χ1v) is 7.74. The molecule has 1 unspecified atom stereocenters. The van der Waals surface area contributed by atoms with Crippen LogP contribution in [0.25, 0.3) is 0 Å². The van der Waals surface area contributed by atoms with Gasteiger partial charge in [-0.05, 0) is 19.8 Å². The number of esters is 1. The Morgan fingerprint density at radius 2 is 2.36 bits per heavy atom. The lowest BCUT2D eigenvalue weighted by Crippen LogP contribution is -2.15. The number of fused-ring (bicyclic) bond motifs is 1. The molecule has 8 nitrogen and oxygen atoms in total. The van der Waals surface area contributed by atoms with Gasteiger partial charge in [-0.3, -0.25) is 19.6 Å². The standard InChI is InChI=1S/C13H15N5O3S/c1-3-21-12(20)7-4-5-9-10(7)14-13(22-9)15-11(19)8-6-18(2)17-16-8/h6-7H,3-5H2,1-2H3,(H,14,15,19). The zero-order chi connectivity index (χ0) is 15.7. The molecule has 0 aromatic carbocycles. The topological polar surface area (TPSA) is 99.0 Å². The number of carbonyl (C=O) groups excluding carboxylic acids is 2. The van der Waals surface area contributed by atoms with E-state index in [1.165, 1.54) is 22.2 Å². The number of aryl methyl sites for hydroxylation is 2. The van der Waals surface area contributed by atoms with Gasteiger partial charge in [-0.25, -0.2) is 4.98 Å². The summed E-state index contributed by atoms with van der Waals surface area (Å²) in [7, 11) is 1.69. The average Bonchev–Trinajstić information content (AvgIpc) is 3.14. The van der Waals surface area contributed by atoms with Crippen LogP contribution in [0.5, 0.6) is 0 Å². The summed E-state index contributed by atoms with van der Waals surface area (Å²) in [4.78, 5) is 29.3. The number of carbonyl (C=O) groups is 2. The van der Waals surface area contributed by atoms with Crippen molar-refractivity contribution in [2.24, 2.45) is 7.05 Å². The fourth-order valence-corrected chi connectivity index (χ4v) is 3.40. The molecule has 0 radical (unpaired) electrons. The second kappa shape index (κ2) is 5.84. The van der Waals surface area contributed by atoms with Gasteiger partial charge in [0.15, 0.2) is 10.8 Å². The number of hydrogen-bond donors (Lipinski definition) is 1. The van der Waals surface area contributed by atoms with E-state index in [2.05, 4.69) is 20.6 Å². The van der Waals surface area contributed by atoms with Crippen molar-refractivity contribution >= 4 is 28.3 Å². The van der Waals surface area contributed by atoms with Crippen molar-refractivity contribution < 1.29 is 14.3 Å². The number of rotatable bonds is 4. The number of nitrogens with zero attached hydrogens (tertiary/aromatic N) is 4. The maximum Gasteiger partial charge on any atom is 0.315 e. The molecule has 2 aromatic heterocycles. The quantitative estimate of drug-likeness (QED) is 0.847. The third-order valence-corrected chi connectivity index (χ3v) is 4.39. The van der Waals surface area contributed by atoms with Gasteiger partial charge in [-0.15, -0.1) is 16.4 Å². The Bertz CT molecular complexity index is 723. The summed E-state index contributed by atoms with van der Waals surface area (Å²) in [5.41, 5.74) is 0.942. The SMILES string of the molecule is CCOC(=O)C1CCc2sc(NC(=O)c3cn(C)nn3)nc21. The molecule has 0 saturated heterocycles. The lowest BCUT2D eigenvalue weighted by Gasteiger charge is -2.07. The molecule has 1 N–H and O–H groups in total. The van der Waals surface area contributed by atoms with E-state index in [-0.39, 0.29) is 23.5 Å². The van der Waals surface area contributed by atoms with E-state index in [9.17, 15) is 9.59 Å². The molecule has 9 heteroatoms. The van der Waals surface area contributed by atoms with E-state index >= 15 is 0 Å². The van der Waals surface area contributed by atoms with Crippen molar-refractivity contribution in [3.8, 4) is 0 Å². The van der Waals surface area contributed by atoms with E-state index in [1.54, 1.807) is 14.0 Å². The second-order valence-corrected chi connectivity index (χ2v) is 5.99. The molecule has 2 heterocycles. The maximum atomic E-state index is 12.0. The Morgan fingerprint density at radius 1 is 1.55 bits per heavy atom. The van der Waals surface area contributed by atoms with E-state index in [0.717, 1.165) is 17.0 Å². The molecule has 0 spiro atoms. The number of amides is 1. The van der Waals surface area contributed by atoms with Gasteiger partial charge in [-0.2, -0.15) is 0 Å². The highest BCUT2D eigenvalue weighted by molar-refractivity contribution is 7.16. The average molecular weight is 321 g/mol. The van der Waals surface area contributed by atoms with Crippen LogP contribution in [0.1, 0.15) is 40.3 Å². The highest BCUT2D eigenvalue weighted by Gasteiger charge is 2.33.